The van der Waals surface area contributed by atoms with Crippen LogP contribution in [0.2, 0.25) is 0 Å². The average molecular weight is 199 g/mol. The summed E-state index contributed by atoms with van der Waals surface area (Å²) in [4.78, 5) is 4.59. The van der Waals surface area contributed by atoms with E-state index in [-0.39, 0.29) is 0 Å². The molecule has 1 nitrogen and oxygen atoms in total. The smallest absolute Gasteiger partial charge is 0.0461 e. The minimum Gasteiger partial charge on any atom is -0.289 e. The molecule has 0 radical (unpaired) electrons. The van der Waals surface area contributed by atoms with Gasteiger partial charge in [-0.1, -0.05) is 30.3 Å². The number of allylic oxidation sites excluding steroid dienone is 1. The Hall–Kier alpha value is -1.37. The molecule has 1 aromatic rings. The summed E-state index contributed by atoms with van der Waals surface area (Å²) in [5, 5.41) is 0. The Kier molecular flexibility index (Phi) is 3.00. The van der Waals surface area contributed by atoms with E-state index in [1.807, 2.05) is 6.08 Å². The Balaban J connectivity index is 2.29. The van der Waals surface area contributed by atoms with E-state index in [0.717, 1.165) is 19.4 Å². The second-order valence-corrected chi connectivity index (χ2v) is 4.08. The predicted molar refractivity (Wildman–Crippen MR) is 65.7 cm³/mol. The molecule has 0 aromatic heterocycles. The van der Waals surface area contributed by atoms with Gasteiger partial charge in [0.1, 0.15) is 0 Å². The van der Waals surface area contributed by atoms with Crippen LogP contribution in [0, 0.1) is 0 Å². The molecule has 0 bridgehead atoms. The monoisotopic (exact) mass is 199 g/mol. The van der Waals surface area contributed by atoms with Crippen LogP contribution in [0.4, 0.5) is 0 Å². The lowest BCUT2D eigenvalue weighted by Gasteiger charge is -2.23. The second-order valence-electron chi connectivity index (χ2n) is 4.08. The van der Waals surface area contributed by atoms with E-state index in [0.29, 0.717) is 5.92 Å². The zero-order chi connectivity index (χ0) is 10.7. The highest BCUT2D eigenvalue weighted by molar-refractivity contribution is 6.01. The summed E-state index contributed by atoms with van der Waals surface area (Å²) in [5.74, 6) is 0.586. The van der Waals surface area contributed by atoms with Gasteiger partial charge in [-0.15, -0.1) is 6.58 Å². The van der Waals surface area contributed by atoms with Gasteiger partial charge in [0.2, 0.25) is 0 Å². The lowest BCUT2D eigenvalue weighted by Crippen LogP contribution is -2.15. The maximum Gasteiger partial charge on any atom is 0.0461 e. The van der Waals surface area contributed by atoms with Crippen molar-refractivity contribution in [3.8, 4) is 0 Å². The largest absolute Gasteiger partial charge is 0.289 e. The number of fused-ring (bicyclic) bond motifs is 1. The molecule has 78 valence electrons. The van der Waals surface area contributed by atoms with Crippen molar-refractivity contribution in [1.29, 1.82) is 0 Å². The highest BCUT2D eigenvalue weighted by Gasteiger charge is 2.19. The number of aliphatic imine (C=N–C) groups is 1. The normalized spacial score (nSPS) is 19.3. The third-order valence-electron chi connectivity index (χ3n) is 3.06. The molecule has 0 N–H and O–H groups in total. The van der Waals surface area contributed by atoms with Crippen molar-refractivity contribution in [2.24, 2.45) is 4.99 Å². The summed E-state index contributed by atoms with van der Waals surface area (Å²) in [6, 6.07) is 8.63. The van der Waals surface area contributed by atoms with Crippen LogP contribution in [-0.4, -0.2) is 12.3 Å². The molecule has 0 amide bonds. The van der Waals surface area contributed by atoms with Crippen molar-refractivity contribution >= 4 is 5.71 Å². The van der Waals surface area contributed by atoms with Gasteiger partial charge in [-0.3, -0.25) is 4.99 Å². The fourth-order valence-corrected chi connectivity index (χ4v) is 2.18. The van der Waals surface area contributed by atoms with Crippen LogP contribution >= 0.6 is 0 Å². The molecule has 1 unspecified atom stereocenters. The molecule has 0 spiro atoms. The summed E-state index contributed by atoms with van der Waals surface area (Å²) >= 11 is 0. The highest BCUT2D eigenvalue weighted by atomic mass is 14.8. The Morgan fingerprint density at radius 1 is 1.47 bits per heavy atom. The highest BCUT2D eigenvalue weighted by Crippen LogP contribution is 2.29. The average Bonchev–Trinajstić information content (AvgIpc) is 2.29. The molecule has 1 aromatic carbocycles. The molecule has 1 aliphatic rings. The van der Waals surface area contributed by atoms with E-state index >= 15 is 0 Å². The maximum absolute atomic E-state index is 4.59. The molecule has 0 fully saturated rings. The molecule has 1 heteroatoms. The fraction of sp³-hybridized carbons (Fsp3) is 0.357. The van der Waals surface area contributed by atoms with Crippen LogP contribution < -0.4 is 0 Å². The first-order valence-corrected chi connectivity index (χ1v) is 5.54. The molecule has 15 heavy (non-hydrogen) atoms. The molecule has 0 saturated carbocycles. The Morgan fingerprint density at radius 2 is 2.27 bits per heavy atom. The van der Waals surface area contributed by atoms with Crippen molar-refractivity contribution in [3.05, 3.63) is 48.0 Å². The number of hydrogen-bond donors (Lipinski definition) is 0. The number of nitrogens with zero attached hydrogens (tertiary/aromatic N) is 1. The quantitative estimate of drug-likeness (QED) is 0.660. The van der Waals surface area contributed by atoms with Crippen molar-refractivity contribution in [1.82, 2.24) is 0 Å². The van der Waals surface area contributed by atoms with Gasteiger partial charge in [0.15, 0.2) is 0 Å². The number of hydrogen-bond acceptors (Lipinski definition) is 1. The molecule has 0 aliphatic carbocycles. The molecule has 1 atom stereocenters. The van der Waals surface area contributed by atoms with Crippen LogP contribution in [0.1, 0.15) is 36.8 Å². The lowest BCUT2D eigenvalue weighted by atomic mass is 9.87. The van der Waals surface area contributed by atoms with Crippen molar-refractivity contribution in [2.75, 3.05) is 6.54 Å². The third-order valence-corrected chi connectivity index (χ3v) is 3.06. The summed E-state index contributed by atoms with van der Waals surface area (Å²) in [5.41, 5.74) is 3.98. The fourth-order valence-electron chi connectivity index (χ4n) is 2.18. The van der Waals surface area contributed by atoms with Crippen LogP contribution in [0.3, 0.4) is 0 Å². The summed E-state index contributed by atoms with van der Waals surface area (Å²) in [7, 11) is 0. The summed E-state index contributed by atoms with van der Waals surface area (Å²) in [6.07, 6.45) is 4.23. The summed E-state index contributed by atoms with van der Waals surface area (Å²) in [6.45, 7) is 6.82. The topological polar surface area (TPSA) is 12.4 Å². The zero-order valence-electron chi connectivity index (χ0n) is 9.24. The second kappa shape index (κ2) is 4.43. The molecular formula is C14H17N. The van der Waals surface area contributed by atoms with Gasteiger partial charge in [0.25, 0.3) is 0 Å². The molecular weight excluding hydrogens is 182 g/mol. The van der Waals surface area contributed by atoms with Gasteiger partial charge in [-0.25, -0.2) is 0 Å². The Bertz CT molecular complexity index is 390. The van der Waals surface area contributed by atoms with Gasteiger partial charge in [-0.05, 0) is 30.9 Å². The predicted octanol–water partition coefficient (Wildman–Crippen LogP) is 3.56. The summed E-state index contributed by atoms with van der Waals surface area (Å²) < 4.78 is 0. The van der Waals surface area contributed by atoms with Crippen LogP contribution in [0.5, 0.6) is 0 Å². The first-order valence-electron chi connectivity index (χ1n) is 5.54. The van der Waals surface area contributed by atoms with Crippen molar-refractivity contribution in [2.45, 2.75) is 25.7 Å². The number of benzene rings is 1. The Morgan fingerprint density at radius 3 is 3.07 bits per heavy atom. The minimum absolute atomic E-state index is 0.586. The first-order chi connectivity index (χ1) is 7.33. The van der Waals surface area contributed by atoms with E-state index in [1.165, 1.54) is 16.8 Å². The van der Waals surface area contributed by atoms with Crippen molar-refractivity contribution < 1.29 is 0 Å². The SMILES string of the molecule is C=CCCC1CN=C(C)c2ccccc21. The minimum atomic E-state index is 0.586. The van der Waals surface area contributed by atoms with Gasteiger partial charge >= 0.3 is 0 Å². The van der Waals surface area contributed by atoms with E-state index in [2.05, 4.69) is 42.8 Å². The van der Waals surface area contributed by atoms with Crippen LogP contribution in [0.15, 0.2) is 41.9 Å². The maximum atomic E-state index is 4.59. The molecule has 1 aliphatic heterocycles. The van der Waals surface area contributed by atoms with Gasteiger partial charge in [0, 0.05) is 18.2 Å². The van der Waals surface area contributed by atoms with Gasteiger partial charge < -0.3 is 0 Å². The van der Waals surface area contributed by atoms with Crippen LogP contribution in [0.25, 0.3) is 0 Å². The molecule has 1 heterocycles. The van der Waals surface area contributed by atoms with E-state index in [4.69, 9.17) is 0 Å². The first kappa shape index (κ1) is 10.2. The van der Waals surface area contributed by atoms with Crippen LogP contribution in [-0.2, 0) is 0 Å². The lowest BCUT2D eigenvalue weighted by molar-refractivity contribution is 0.635. The van der Waals surface area contributed by atoms with E-state index in [1.54, 1.807) is 0 Å². The standard InChI is InChI=1S/C14H17N/c1-3-4-7-12-10-15-11(2)13-8-5-6-9-14(12)13/h3,5-6,8-9,12H,1,4,7,10H2,2H3. The van der Waals surface area contributed by atoms with E-state index in [9.17, 15) is 0 Å². The van der Waals surface area contributed by atoms with Crippen molar-refractivity contribution in [3.63, 3.8) is 0 Å². The molecule has 2 rings (SSSR count). The number of rotatable bonds is 3. The molecule has 0 saturated heterocycles. The zero-order valence-corrected chi connectivity index (χ0v) is 9.24. The van der Waals surface area contributed by atoms with Gasteiger partial charge in [0.05, 0.1) is 0 Å². The van der Waals surface area contributed by atoms with E-state index < -0.39 is 0 Å². The Labute approximate surface area is 91.6 Å². The van der Waals surface area contributed by atoms with Gasteiger partial charge in [-0.2, -0.15) is 0 Å². The third kappa shape index (κ3) is 2.01.